The van der Waals surface area contributed by atoms with Crippen LogP contribution in [0.4, 0.5) is 5.13 Å². The van der Waals surface area contributed by atoms with Crippen LogP contribution in [0, 0.1) is 6.92 Å². The molecule has 0 aliphatic carbocycles. The topological polar surface area (TPSA) is 64.7 Å². The molecule has 14 heavy (non-hydrogen) atoms. The van der Waals surface area contributed by atoms with Crippen molar-refractivity contribution in [1.82, 2.24) is 15.0 Å². The maximum Gasteiger partial charge on any atom is 0.193 e. The number of rotatable bonds is 2. The fourth-order valence-electron chi connectivity index (χ4n) is 0.918. The van der Waals surface area contributed by atoms with E-state index in [4.69, 9.17) is 5.73 Å². The highest BCUT2D eigenvalue weighted by Crippen LogP contribution is 2.33. The summed E-state index contributed by atoms with van der Waals surface area (Å²) in [5, 5.41) is 1.31. The van der Waals surface area contributed by atoms with Gasteiger partial charge in [0.15, 0.2) is 10.3 Å². The summed E-state index contributed by atoms with van der Waals surface area (Å²) in [4.78, 5) is 12.4. The number of nitrogen functional groups attached to an aromatic ring is 1. The van der Waals surface area contributed by atoms with Gasteiger partial charge in [-0.05, 0) is 24.8 Å². The van der Waals surface area contributed by atoms with Gasteiger partial charge in [-0.15, -0.1) is 0 Å². The van der Waals surface area contributed by atoms with Crippen molar-refractivity contribution in [2.75, 3.05) is 5.73 Å². The molecule has 4 nitrogen and oxygen atoms in total. The lowest BCUT2D eigenvalue weighted by atomic mass is 10.6. The molecule has 0 unspecified atom stereocenters. The number of thiazole rings is 1. The number of nitrogens with zero attached hydrogens (tertiary/aromatic N) is 3. The molecule has 0 aliphatic rings. The summed E-state index contributed by atoms with van der Waals surface area (Å²) in [6, 6.07) is 1.79. The first kappa shape index (κ1) is 9.42. The lowest BCUT2D eigenvalue weighted by molar-refractivity contribution is 0.967. The van der Waals surface area contributed by atoms with Gasteiger partial charge in [0.1, 0.15) is 0 Å². The molecule has 0 amide bonds. The number of hydrogen-bond acceptors (Lipinski definition) is 6. The standard InChI is InChI=1S/C8H8N4S2/c1-5-6(13-7(9)12-5)14-8-10-3-2-4-11-8/h2-4H,1H3,(H2,9,12). The van der Waals surface area contributed by atoms with E-state index in [1.54, 1.807) is 18.5 Å². The maximum absolute atomic E-state index is 5.59. The highest BCUT2D eigenvalue weighted by Gasteiger charge is 2.07. The van der Waals surface area contributed by atoms with Gasteiger partial charge in [-0.2, -0.15) is 0 Å². The van der Waals surface area contributed by atoms with Crippen LogP contribution in [0.2, 0.25) is 0 Å². The van der Waals surface area contributed by atoms with Crippen molar-refractivity contribution in [2.45, 2.75) is 16.3 Å². The van der Waals surface area contributed by atoms with Crippen LogP contribution in [0.3, 0.4) is 0 Å². The molecule has 0 radical (unpaired) electrons. The van der Waals surface area contributed by atoms with Gasteiger partial charge in [-0.3, -0.25) is 0 Å². The lowest BCUT2D eigenvalue weighted by Gasteiger charge is -1.95. The SMILES string of the molecule is Cc1nc(N)sc1Sc1ncccn1. The molecule has 6 heteroatoms. The number of nitrogens with two attached hydrogens (primary N) is 1. The molecule has 0 atom stereocenters. The van der Waals surface area contributed by atoms with Crippen molar-refractivity contribution < 1.29 is 0 Å². The largest absolute Gasteiger partial charge is 0.375 e. The molecule has 2 heterocycles. The van der Waals surface area contributed by atoms with Gasteiger partial charge >= 0.3 is 0 Å². The quantitative estimate of drug-likeness (QED) is 0.790. The Labute approximate surface area is 89.6 Å². The summed E-state index contributed by atoms with van der Waals surface area (Å²) in [6.07, 6.45) is 3.43. The first-order valence-corrected chi connectivity index (χ1v) is 5.57. The van der Waals surface area contributed by atoms with Crippen LogP contribution in [0.5, 0.6) is 0 Å². The van der Waals surface area contributed by atoms with Gasteiger partial charge < -0.3 is 5.73 Å². The summed E-state index contributed by atoms with van der Waals surface area (Å²) in [7, 11) is 0. The first-order chi connectivity index (χ1) is 6.75. The second-order valence-electron chi connectivity index (χ2n) is 2.56. The lowest BCUT2D eigenvalue weighted by Crippen LogP contribution is -1.83. The van der Waals surface area contributed by atoms with Gasteiger partial charge in [-0.25, -0.2) is 15.0 Å². The highest BCUT2D eigenvalue weighted by molar-refractivity contribution is 8.01. The smallest absolute Gasteiger partial charge is 0.193 e. The summed E-state index contributed by atoms with van der Waals surface area (Å²) in [5.41, 5.74) is 6.52. The van der Waals surface area contributed by atoms with Crippen molar-refractivity contribution in [1.29, 1.82) is 0 Å². The third kappa shape index (κ3) is 2.02. The van der Waals surface area contributed by atoms with Crippen LogP contribution in [0.15, 0.2) is 27.8 Å². The monoisotopic (exact) mass is 224 g/mol. The minimum atomic E-state index is 0.584. The van der Waals surface area contributed by atoms with Crippen molar-refractivity contribution >= 4 is 28.2 Å². The van der Waals surface area contributed by atoms with Gasteiger partial charge in [0.2, 0.25) is 0 Å². The molecular formula is C8H8N4S2. The van der Waals surface area contributed by atoms with E-state index in [9.17, 15) is 0 Å². The van der Waals surface area contributed by atoms with Crippen molar-refractivity contribution in [2.24, 2.45) is 0 Å². The van der Waals surface area contributed by atoms with E-state index in [0.717, 1.165) is 15.1 Å². The molecule has 2 aromatic rings. The van der Waals surface area contributed by atoms with Crippen molar-refractivity contribution in [3.05, 3.63) is 24.2 Å². The van der Waals surface area contributed by atoms with Gasteiger partial charge in [0, 0.05) is 12.4 Å². The average molecular weight is 224 g/mol. The van der Waals surface area contributed by atoms with E-state index >= 15 is 0 Å². The Bertz CT molecular complexity index is 426. The fourth-order valence-corrected chi connectivity index (χ4v) is 2.72. The Morgan fingerprint density at radius 3 is 2.64 bits per heavy atom. The van der Waals surface area contributed by atoms with Crippen LogP contribution in [-0.2, 0) is 0 Å². The number of hydrogen-bond donors (Lipinski definition) is 1. The van der Waals surface area contributed by atoms with Crippen LogP contribution in [-0.4, -0.2) is 15.0 Å². The summed E-state index contributed by atoms with van der Waals surface area (Å²) in [6.45, 7) is 1.93. The molecule has 0 saturated carbocycles. The Morgan fingerprint density at radius 1 is 1.36 bits per heavy atom. The van der Waals surface area contributed by atoms with Gasteiger partial charge in [0.05, 0.1) is 9.90 Å². The zero-order chi connectivity index (χ0) is 9.97. The third-order valence-electron chi connectivity index (χ3n) is 1.50. The predicted octanol–water partition coefficient (Wildman–Crippen LogP) is 1.97. The van der Waals surface area contributed by atoms with Crippen LogP contribution in [0.25, 0.3) is 0 Å². The van der Waals surface area contributed by atoms with Crippen molar-refractivity contribution in [3.8, 4) is 0 Å². The number of anilines is 1. The third-order valence-corrected chi connectivity index (χ3v) is 3.65. The molecule has 72 valence electrons. The van der Waals surface area contributed by atoms with Crippen LogP contribution in [0.1, 0.15) is 5.69 Å². The van der Waals surface area contributed by atoms with Gasteiger partial charge in [0.25, 0.3) is 0 Å². The van der Waals surface area contributed by atoms with Gasteiger partial charge in [-0.1, -0.05) is 11.3 Å². The molecule has 2 aromatic heterocycles. The second-order valence-corrected chi connectivity index (χ2v) is 4.82. The molecule has 0 bridgehead atoms. The number of aromatic nitrogens is 3. The molecular weight excluding hydrogens is 216 g/mol. The maximum atomic E-state index is 5.59. The molecule has 0 aliphatic heterocycles. The molecule has 0 spiro atoms. The Kier molecular flexibility index (Phi) is 2.64. The molecule has 0 aromatic carbocycles. The fraction of sp³-hybridized carbons (Fsp3) is 0.125. The van der Waals surface area contributed by atoms with Crippen molar-refractivity contribution in [3.63, 3.8) is 0 Å². The van der Waals surface area contributed by atoms with Crippen LogP contribution < -0.4 is 5.73 Å². The van der Waals surface area contributed by atoms with E-state index in [1.165, 1.54) is 23.1 Å². The highest BCUT2D eigenvalue weighted by atomic mass is 32.2. The molecule has 2 rings (SSSR count). The minimum absolute atomic E-state index is 0.584. The summed E-state index contributed by atoms with van der Waals surface area (Å²) in [5.74, 6) is 0. The Morgan fingerprint density at radius 2 is 2.07 bits per heavy atom. The Balaban J connectivity index is 2.23. The first-order valence-electron chi connectivity index (χ1n) is 3.93. The average Bonchev–Trinajstić information content (AvgIpc) is 2.47. The van der Waals surface area contributed by atoms with E-state index in [-0.39, 0.29) is 0 Å². The number of aryl methyl sites for hydroxylation is 1. The molecule has 0 saturated heterocycles. The zero-order valence-corrected chi connectivity index (χ0v) is 9.10. The minimum Gasteiger partial charge on any atom is -0.375 e. The normalized spacial score (nSPS) is 10.4. The summed E-state index contributed by atoms with van der Waals surface area (Å²) < 4.78 is 1.05. The second kappa shape index (κ2) is 3.93. The Hall–Kier alpha value is -1.14. The van der Waals surface area contributed by atoms with E-state index < -0.39 is 0 Å². The van der Waals surface area contributed by atoms with E-state index in [1.807, 2.05) is 6.92 Å². The van der Waals surface area contributed by atoms with Crippen LogP contribution >= 0.6 is 23.1 Å². The molecule has 0 fully saturated rings. The van der Waals surface area contributed by atoms with E-state index in [2.05, 4.69) is 15.0 Å². The molecule has 2 N–H and O–H groups in total. The van der Waals surface area contributed by atoms with E-state index in [0.29, 0.717) is 5.13 Å². The zero-order valence-electron chi connectivity index (χ0n) is 7.47. The predicted molar refractivity (Wildman–Crippen MR) is 57.4 cm³/mol. The summed E-state index contributed by atoms with van der Waals surface area (Å²) >= 11 is 2.95.